The molecule has 2 N–H and O–H groups in total. The van der Waals surface area contributed by atoms with Gasteiger partial charge >= 0.3 is 0 Å². The highest BCUT2D eigenvalue weighted by Crippen LogP contribution is 2.28. The van der Waals surface area contributed by atoms with Crippen LogP contribution in [0.3, 0.4) is 0 Å². The van der Waals surface area contributed by atoms with E-state index in [0.717, 1.165) is 51.5 Å². The van der Waals surface area contributed by atoms with Crippen LogP contribution < -0.4 is 11.0 Å². The summed E-state index contributed by atoms with van der Waals surface area (Å²) in [7, 11) is 0. The van der Waals surface area contributed by atoms with Gasteiger partial charge in [0.15, 0.2) is 0 Å². The first-order valence-corrected chi connectivity index (χ1v) is 14.0. The molecule has 0 spiro atoms. The van der Waals surface area contributed by atoms with Crippen LogP contribution in [0.2, 0.25) is 0 Å². The number of carbonyl (C=O) groups excluding carboxylic acids is 1. The zero-order valence-electron chi connectivity index (χ0n) is 22.5. The summed E-state index contributed by atoms with van der Waals surface area (Å²) >= 11 is 0. The Morgan fingerprint density at radius 3 is 2.59 bits per heavy atom. The topological polar surface area (TPSA) is 72.1 Å². The lowest BCUT2D eigenvalue weighted by Gasteiger charge is -2.29. The lowest BCUT2D eigenvalue weighted by molar-refractivity contribution is -0.123. The van der Waals surface area contributed by atoms with Crippen LogP contribution in [-0.4, -0.2) is 69.1 Å². The zero-order chi connectivity index (χ0) is 24.6. The van der Waals surface area contributed by atoms with Gasteiger partial charge in [0.1, 0.15) is 5.78 Å². The maximum Gasteiger partial charge on any atom is 0.137 e. The molecule has 0 aromatic rings. The minimum absolute atomic E-state index is 0.111. The minimum Gasteiger partial charge on any atom is -0.381 e. The highest BCUT2D eigenvalue weighted by molar-refractivity contribution is 5.80. The van der Waals surface area contributed by atoms with E-state index in [9.17, 15) is 4.79 Å². The Labute approximate surface area is 209 Å². The highest BCUT2D eigenvalue weighted by atomic mass is 16.5. The highest BCUT2D eigenvalue weighted by Gasteiger charge is 2.23. The number of hydrogen-bond acceptors (Lipinski definition) is 7. The minimum atomic E-state index is 0.111. The summed E-state index contributed by atoms with van der Waals surface area (Å²) in [6.07, 6.45) is 11.9. The fourth-order valence-electron chi connectivity index (χ4n) is 4.81. The zero-order valence-corrected chi connectivity index (χ0v) is 22.5. The molecule has 0 aromatic carbocycles. The molecule has 7 nitrogen and oxygen atoms in total. The van der Waals surface area contributed by atoms with E-state index in [-0.39, 0.29) is 5.92 Å². The molecule has 1 saturated carbocycles. The fraction of sp³-hybridized carbons (Fsp3) is 0.963. The van der Waals surface area contributed by atoms with Crippen molar-refractivity contribution >= 4 is 5.78 Å². The van der Waals surface area contributed by atoms with Crippen LogP contribution in [0, 0.1) is 17.8 Å². The van der Waals surface area contributed by atoms with Crippen molar-refractivity contribution in [3.8, 4) is 0 Å². The van der Waals surface area contributed by atoms with Crippen molar-refractivity contribution in [3.05, 3.63) is 0 Å². The molecule has 1 saturated heterocycles. The number of hydrogen-bond donors (Lipinski definition) is 2. The second-order valence-corrected chi connectivity index (χ2v) is 11.0. The van der Waals surface area contributed by atoms with Crippen molar-refractivity contribution in [1.82, 2.24) is 16.0 Å². The van der Waals surface area contributed by atoms with Gasteiger partial charge in [-0.15, -0.1) is 0 Å². The summed E-state index contributed by atoms with van der Waals surface area (Å²) in [5.74, 6) is 1.88. The molecule has 0 aromatic heterocycles. The van der Waals surface area contributed by atoms with Crippen molar-refractivity contribution in [1.29, 1.82) is 0 Å². The standard InChI is InChI=1S/C27H53N3O4/c1-22(2)8-5-6-10-25-21-30(29-28-25)14-17-33-18-19-34-26-11-7-9-24(20-26)12-15-32-16-13-27(31)23(3)4/h22-26,28-29H,5-21H2,1-4H3. The monoisotopic (exact) mass is 483 g/mol. The molecule has 1 aliphatic carbocycles. The van der Waals surface area contributed by atoms with Gasteiger partial charge in [0.05, 0.1) is 32.5 Å². The molecule has 1 aliphatic heterocycles. The number of nitrogens with zero attached hydrogens (tertiary/aromatic N) is 1. The van der Waals surface area contributed by atoms with Crippen LogP contribution in [0.1, 0.15) is 91.9 Å². The molecule has 2 rings (SSSR count). The average molecular weight is 484 g/mol. The van der Waals surface area contributed by atoms with E-state index in [1.165, 1.54) is 38.5 Å². The number of hydrazine groups is 2. The second-order valence-electron chi connectivity index (χ2n) is 11.0. The van der Waals surface area contributed by atoms with Gasteiger partial charge in [0, 0.05) is 38.1 Å². The number of ketones is 1. The van der Waals surface area contributed by atoms with E-state index in [0.29, 0.717) is 50.1 Å². The normalized spacial score (nSPS) is 23.9. The van der Waals surface area contributed by atoms with Crippen LogP contribution in [0.15, 0.2) is 0 Å². The predicted octanol–water partition coefficient (Wildman–Crippen LogP) is 4.51. The molecule has 1 heterocycles. The Morgan fingerprint density at radius 1 is 0.971 bits per heavy atom. The smallest absolute Gasteiger partial charge is 0.137 e. The van der Waals surface area contributed by atoms with Crippen LogP contribution >= 0.6 is 0 Å². The van der Waals surface area contributed by atoms with Crippen molar-refractivity contribution in [3.63, 3.8) is 0 Å². The molecule has 3 atom stereocenters. The summed E-state index contributed by atoms with van der Waals surface area (Å²) < 4.78 is 17.6. The van der Waals surface area contributed by atoms with Crippen LogP contribution in [0.25, 0.3) is 0 Å². The molecule has 7 heteroatoms. The first kappa shape index (κ1) is 29.7. The average Bonchev–Trinajstić information content (AvgIpc) is 3.26. The third-order valence-electron chi connectivity index (χ3n) is 7.08. The molecule has 0 bridgehead atoms. The number of rotatable bonds is 19. The molecule has 34 heavy (non-hydrogen) atoms. The number of nitrogens with one attached hydrogen (secondary N) is 2. The predicted molar refractivity (Wildman–Crippen MR) is 137 cm³/mol. The van der Waals surface area contributed by atoms with Crippen LogP contribution in [-0.2, 0) is 19.0 Å². The third-order valence-corrected chi connectivity index (χ3v) is 7.08. The third kappa shape index (κ3) is 13.5. The number of ether oxygens (including phenoxy) is 3. The Hall–Kier alpha value is -0.570. The van der Waals surface area contributed by atoms with Crippen LogP contribution in [0.5, 0.6) is 0 Å². The molecule has 2 fully saturated rings. The molecule has 2 aliphatic rings. The van der Waals surface area contributed by atoms with Crippen molar-refractivity contribution < 1.29 is 19.0 Å². The first-order valence-electron chi connectivity index (χ1n) is 14.0. The van der Waals surface area contributed by atoms with Gasteiger partial charge in [-0.25, -0.2) is 10.4 Å². The van der Waals surface area contributed by atoms with Gasteiger partial charge < -0.3 is 14.2 Å². The Balaban J connectivity index is 1.41. The van der Waals surface area contributed by atoms with Gasteiger partial charge in [-0.3, -0.25) is 4.79 Å². The van der Waals surface area contributed by atoms with E-state index >= 15 is 0 Å². The number of Topliss-reactive ketones (excluding diaryl/α,β-unsaturated/α-hetero) is 1. The molecular weight excluding hydrogens is 430 g/mol. The largest absolute Gasteiger partial charge is 0.381 e. The second kappa shape index (κ2) is 17.8. The SMILES string of the molecule is CC(C)CCCCC1CN(CCOCCOC2CCCC(CCOCCC(=O)C(C)C)C2)NN1. The number of carbonyl (C=O) groups is 1. The lowest BCUT2D eigenvalue weighted by Crippen LogP contribution is -2.38. The van der Waals surface area contributed by atoms with Crippen LogP contribution in [0.4, 0.5) is 0 Å². The summed E-state index contributed by atoms with van der Waals surface area (Å²) in [6.45, 7) is 13.8. The van der Waals surface area contributed by atoms with E-state index < -0.39 is 0 Å². The van der Waals surface area contributed by atoms with E-state index in [2.05, 4.69) is 29.8 Å². The van der Waals surface area contributed by atoms with Gasteiger partial charge in [0.2, 0.25) is 0 Å². The summed E-state index contributed by atoms with van der Waals surface area (Å²) in [4.78, 5) is 11.6. The summed E-state index contributed by atoms with van der Waals surface area (Å²) in [5, 5.41) is 2.22. The van der Waals surface area contributed by atoms with Gasteiger partial charge in [-0.2, -0.15) is 5.53 Å². The molecule has 200 valence electrons. The summed E-state index contributed by atoms with van der Waals surface area (Å²) in [5.41, 5.74) is 6.68. The first-order chi connectivity index (χ1) is 16.4. The van der Waals surface area contributed by atoms with Crippen molar-refractivity contribution in [2.24, 2.45) is 17.8 Å². The molecular formula is C27H53N3O4. The Bertz CT molecular complexity index is 532. The molecule has 0 amide bonds. The summed E-state index contributed by atoms with van der Waals surface area (Å²) in [6, 6.07) is 0.544. The lowest BCUT2D eigenvalue weighted by atomic mass is 9.85. The fourth-order valence-corrected chi connectivity index (χ4v) is 4.81. The quantitative estimate of drug-likeness (QED) is 0.262. The van der Waals surface area contributed by atoms with E-state index in [4.69, 9.17) is 14.2 Å². The van der Waals surface area contributed by atoms with E-state index in [1.54, 1.807) is 0 Å². The Morgan fingerprint density at radius 2 is 1.79 bits per heavy atom. The Kier molecular flexibility index (Phi) is 15.5. The number of unbranched alkanes of at least 4 members (excludes halogenated alkanes) is 1. The maximum atomic E-state index is 11.6. The van der Waals surface area contributed by atoms with Gasteiger partial charge in [0.25, 0.3) is 0 Å². The maximum absolute atomic E-state index is 11.6. The van der Waals surface area contributed by atoms with Crippen molar-refractivity contribution in [2.75, 3.05) is 46.1 Å². The van der Waals surface area contributed by atoms with Gasteiger partial charge in [-0.05, 0) is 37.5 Å². The molecule has 0 radical (unpaired) electrons. The molecule has 3 unspecified atom stereocenters. The van der Waals surface area contributed by atoms with E-state index in [1.807, 2.05) is 13.8 Å². The van der Waals surface area contributed by atoms with Gasteiger partial charge in [-0.1, -0.05) is 59.8 Å². The van der Waals surface area contributed by atoms with Crippen molar-refractivity contribution in [2.45, 2.75) is 104 Å².